The maximum absolute atomic E-state index is 12.4. The van der Waals surface area contributed by atoms with Crippen molar-refractivity contribution in [2.75, 3.05) is 20.1 Å². The van der Waals surface area contributed by atoms with Crippen LogP contribution in [0.1, 0.15) is 18.4 Å². The minimum absolute atomic E-state index is 0.00382. The first kappa shape index (κ1) is 15.5. The molecule has 0 saturated carbocycles. The lowest BCUT2D eigenvalue weighted by Crippen LogP contribution is -2.50. The highest BCUT2D eigenvalue weighted by molar-refractivity contribution is 5.84. The van der Waals surface area contributed by atoms with Crippen LogP contribution in [0.4, 0.5) is 0 Å². The van der Waals surface area contributed by atoms with Gasteiger partial charge in [-0.3, -0.25) is 9.59 Å². The number of rotatable bonds is 4. The Morgan fingerprint density at radius 2 is 2.10 bits per heavy atom. The first-order valence-electron chi connectivity index (χ1n) is 7.41. The van der Waals surface area contributed by atoms with Gasteiger partial charge in [0, 0.05) is 20.1 Å². The second kappa shape index (κ2) is 7.22. The van der Waals surface area contributed by atoms with Gasteiger partial charge in [-0.25, -0.2) is 0 Å². The number of likely N-dealkylation sites (tertiary alicyclic amines) is 1. The van der Waals surface area contributed by atoms with Gasteiger partial charge in [0.1, 0.15) is 0 Å². The third-order valence-electron chi connectivity index (χ3n) is 3.97. The van der Waals surface area contributed by atoms with E-state index in [1.54, 1.807) is 11.9 Å². The number of nitrogens with zero attached hydrogens (tertiary/aromatic N) is 1. The van der Waals surface area contributed by atoms with E-state index in [1.165, 1.54) is 0 Å². The lowest BCUT2D eigenvalue weighted by atomic mass is 9.96. The van der Waals surface area contributed by atoms with Crippen molar-refractivity contribution in [2.45, 2.75) is 25.3 Å². The van der Waals surface area contributed by atoms with Crippen LogP contribution in [0.25, 0.3) is 0 Å². The lowest BCUT2D eigenvalue weighted by molar-refractivity contribution is -0.136. The third-order valence-corrected chi connectivity index (χ3v) is 3.97. The number of hydrogen-bond donors (Lipinski definition) is 2. The van der Waals surface area contributed by atoms with E-state index in [9.17, 15) is 9.59 Å². The molecule has 2 amide bonds. The molecule has 0 aliphatic carbocycles. The fourth-order valence-corrected chi connectivity index (χ4v) is 2.79. The van der Waals surface area contributed by atoms with Crippen LogP contribution in [0.5, 0.6) is 0 Å². The molecule has 2 atom stereocenters. The molecule has 1 aliphatic heterocycles. The van der Waals surface area contributed by atoms with Gasteiger partial charge >= 0.3 is 0 Å². The summed E-state index contributed by atoms with van der Waals surface area (Å²) in [4.78, 5) is 25.9. The highest BCUT2D eigenvalue weighted by Gasteiger charge is 2.30. The van der Waals surface area contributed by atoms with Crippen molar-refractivity contribution in [3.05, 3.63) is 35.9 Å². The van der Waals surface area contributed by atoms with Crippen molar-refractivity contribution in [1.82, 2.24) is 10.2 Å². The minimum Gasteiger partial charge on any atom is -0.359 e. The van der Waals surface area contributed by atoms with Gasteiger partial charge in [0.05, 0.1) is 12.0 Å². The second-order valence-corrected chi connectivity index (χ2v) is 5.53. The summed E-state index contributed by atoms with van der Waals surface area (Å²) >= 11 is 0. The Kier molecular flexibility index (Phi) is 5.33. The topological polar surface area (TPSA) is 75.4 Å². The van der Waals surface area contributed by atoms with Crippen LogP contribution in [0.3, 0.4) is 0 Å². The predicted molar refractivity (Wildman–Crippen MR) is 81.5 cm³/mol. The van der Waals surface area contributed by atoms with Gasteiger partial charge in [0.25, 0.3) is 0 Å². The number of piperidine rings is 1. The summed E-state index contributed by atoms with van der Waals surface area (Å²) < 4.78 is 0. The number of carbonyl (C=O) groups is 2. The molecule has 0 spiro atoms. The number of hydrogen-bond acceptors (Lipinski definition) is 3. The number of nitrogens with one attached hydrogen (secondary N) is 1. The number of benzene rings is 1. The summed E-state index contributed by atoms with van der Waals surface area (Å²) in [7, 11) is 1.63. The molecule has 0 aromatic heterocycles. The Morgan fingerprint density at radius 3 is 2.76 bits per heavy atom. The molecule has 2 unspecified atom stereocenters. The van der Waals surface area contributed by atoms with Crippen molar-refractivity contribution in [3.63, 3.8) is 0 Å². The normalized spacial score (nSPS) is 19.9. The zero-order chi connectivity index (χ0) is 15.2. The molecule has 1 aromatic rings. The largest absolute Gasteiger partial charge is 0.359 e. The Labute approximate surface area is 125 Å². The highest BCUT2D eigenvalue weighted by atomic mass is 16.2. The summed E-state index contributed by atoms with van der Waals surface area (Å²) in [5, 5.41) is 2.66. The molecule has 2 rings (SSSR count). The average Bonchev–Trinajstić information content (AvgIpc) is 2.54. The summed E-state index contributed by atoms with van der Waals surface area (Å²) in [6, 6.07) is 9.21. The van der Waals surface area contributed by atoms with Crippen molar-refractivity contribution >= 4 is 11.8 Å². The molecule has 3 N–H and O–H groups in total. The maximum atomic E-state index is 12.4. The van der Waals surface area contributed by atoms with Crippen LogP contribution in [0.15, 0.2) is 30.3 Å². The van der Waals surface area contributed by atoms with E-state index in [-0.39, 0.29) is 17.7 Å². The van der Waals surface area contributed by atoms with Crippen LogP contribution in [-0.2, 0) is 16.0 Å². The fraction of sp³-hybridized carbons (Fsp3) is 0.500. The van der Waals surface area contributed by atoms with E-state index < -0.39 is 6.04 Å². The molecule has 1 aliphatic rings. The van der Waals surface area contributed by atoms with Crippen molar-refractivity contribution < 1.29 is 9.59 Å². The Bertz CT molecular complexity index is 490. The fourth-order valence-electron chi connectivity index (χ4n) is 2.79. The number of amides is 2. The van der Waals surface area contributed by atoms with Gasteiger partial charge in [0.15, 0.2) is 0 Å². The SMILES string of the molecule is CNC(=O)C1CCCN(C(=O)C(N)Cc2ccccc2)C1. The zero-order valence-corrected chi connectivity index (χ0v) is 12.4. The standard InChI is InChI=1S/C16H23N3O2/c1-18-15(20)13-8-5-9-19(11-13)16(21)14(17)10-12-6-3-2-4-7-12/h2-4,6-7,13-14H,5,8-11,17H2,1H3,(H,18,20). The van der Waals surface area contributed by atoms with Crippen molar-refractivity contribution in [3.8, 4) is 0 Å². The van der Waals surface area contributed by atoms with Gasteiger partial charge in [0.2, 0.25) is 11.8 Å². The molecule has 5 nitrogen and oxygen atoms in total. The second-order valence-electron chi connectivity index (χ2n) is 5.53. The van der Waals surface area contributed by atoms with Crippen LogP contribution in [0.2, 0.25) is 0 Å². The van der Waals surface area contributed by atoms with E-state index in [1.807, 2.05) is 30.3 Å². The molecule has 1 aromatic carbocycles. The quantitative estimate of drug-likeness (QED) is 0.849. The number of nitrogens with two attached hydrogens (primary N) is 1. The van der Waals surface area contributed by atoms with Crippen LogP contribution < -0.4 is 11.1 Å². The summed E-state index contributed by atoms with van der Waals surface area (Å²) in [5.41, 5.74) is 7.10. The highest BCUT2D eigenvalue weighted by Crippen LogP contribution is 2.17. The van der Waals surface area contributed by atoms with Gasteiger partial charge in [-0.15, -0.1) is 0 Å². The molecule has 21 heavy (non-hydrogen) atoms. The van der Waals surface area contributed by atoms with Crippen molar-refractivity contribution in [2.24, 2.45) is 11.7 Å². The van der Waals surface area contributed by atoms with Gasteiger partial charge in [-0.1, -0.05) is 30.3 Å². The van der Waals surface area contributed by atoms with E-state index >= 15 is 0 Å². The maximum Gasteiger partial charge on any atom is 0.239 e. The Morgan fingerprint density at radius 1 is 1.38 bits per heavy atom. The molecule has 1 saturated heterocycles. The first-order chi connectivity index (χ1) is 10.1. The van der Waals surface area contributed by atoms with Crippen LogP contribution >= 0.6 is 0 Å². The molecule has 1 fully saturated rings. The van der Waals surface area contributed by atoms with E-state index in [2.05, 4.69) is 5.32 Å². The van der Waals surface area contributed by atoms with E-state index in [0.717, 1.165) is 18.4 Å². The summed E-state index contributed by atoms with van der Waals surface area (Å²) in [6.07, 6.45) is 2.21. The average molecular weight is 289 g/mol. The molecule has 1 heterocycles. The molecule has 0 bridgehead atoms. The van der Waals surface area contributed by atoms with Gasteiger partial charge in [-0.2, -0.15) is 0 Å². The van der Waals surface area contributed by atoms with E-state index in [4.69, 9.17) is 5.73 Å². The molecule has 114 valence electrons. The Hall–Kier alpha value is -1.88. The van der Waals surface area contributed by atoms with Crippen LogP contribution in [0, 0.1) is 5.92 Å². The van der Waals surface area contributed by atoms with Crippen molar-refractivity contribution in [1.29, 1.82) is 0 Å². The summed E-state index contributed by atoms with van der Waals surface area (Å²) in [5.74, 6) is -0.173. The predicted octanol–water partition coefficient (Wildman–Crippen LogP) is 0.541. The Balaban J connectivity index is 1.94. The van der Waals surface area contributed by atoms with E-state index in [0.29, 0.717) is 19.5 Å². The smallest absolute Gasteiger partial charge is 0.239 e. The minimum atomic E-state index is -0.546. The molecular formula is C16H23N3O2. The van der Waals surface area contributed by atoms with Gasteiger partial charge in [-0.05, 0) is 24.8 Å². The molecule has 0 radical (unpaired) electrons. The number of carbonyl (C=O) groups excluding carboxylic acids is 2. The van der Waals surface area contributed by atoms with Crippen LogP contribution in [-0.4, -0.2) is 42.9 Å². The third kappa shape index (κ3) is 4.04. The lowest BCUT2D eigenvalue weighted by Gasteiger charge is -2.33. The van der Waals surface area contributed by atoms with Gasteiger partial charge < -0.3 is 16.0 Å². The zero-order valence-electron chi connectivity index (χ0n) is 12.4. The first-order valence-corrected chi connectivity index (χ1v) is 7.41. The molecule has 5 heteroatoms. The monoisotopic (exact) mass is 289 g/mol. The molecular weight excluding hydrogens is 266 g/mol. The summed E-state index contributed by atoms with van der Waals surface area (Å²) in [6.45, 7) is 1.16.